The summed E-state index contributed by atoms with van der Waals surface area (Å²) in [5.74, 6) is -0.866. The Labute approximate surface area is 93.0 Å². The lowest BCUT2D eigenvalue weighted by atomic mass is 10.2. The SMILES string of the molecule is CC(=O)OCCNC(=O)c1ccccc1O. The highest BCUT2D eigenvalue weighted by molar-refractivity contribution is 5.96. The zero-order valence-electron chi connectivity index (χ0n) is 8.90. The smallest absolute Gasteiger partial charge is 0.302 e. The standard InChI is InChI=1S/C11H13NO4/c1-8(13)16-7-6-12-11(15)9-4-2-3-5-10(9)14/h2-5,14H,6-7H2,1H3,(H,12,15). The second-order valence-electron chi connectivity index (χ2n) is 3.11. The Morgan fingerprint density at radius 1 is 1.38 bits per heavy atom. The molecule has 0 unspecified atom stereocenters. The third-order valence-electron chi connectivity index (χ3n) is 1.84. The monoisotopic (exact) mass is 223 g/mol. The van der Waals surface area contributed by atoms with Gasteiger partial charge in [0.05, 0.1) is 12.1 Å². The lowest BCUT2D eigenvalue weighted by molar-refractivity contribution is -0.140. The third kappa shape index (κ3) is 3.61. The number of carbonyl (C=O) groups excluding carboxylic acids is 2. The molecule has 1 aromatic carbocycles. The number of phenolic OH excluding ortho intramolecular Hbond substituents is 1. The zero-order valence-corrected chi connectivity index (χ0v) is 8.90. The molecule has 2 N–H and O–H groups in total. The van der Waals surface area contributed by atoms with Crippen molar-refractivity contribution >= 4 is 11.9 Å². The Kier molecular flexibility index (Phi) is 4.32. The Bertz CT molecular complexity index is 389. The molecule has 0 aliphatic rings. The Morgan fingerprint density at radius 3 is 2.69 bits per heavy atom. The number of hydrogen-bond donors (Lipinski definition) is 2. The van der Waals surface area contributed by atoms with Gasteiger partial charge in [-0.15, -0.1) is 0 Å². The van der Waals surface area contributed by atoms with Crippen molar-refractivity contribution < 1.29 is 19.4 Å². The fraction of sp³-hybridized carbons (Fsp3) is 0.273. The van der Waals surface area contributed by atoms with E-state index in [1.54, 1.807) is 12.1 Å². The fourth-order valence-electron chi connectivity index (χ4n) is 1.12. The van der Waals surface area contributed by atoms with Crippen LogP contribution in [0.3, 0.4) is 0 Å². The van der Waals surface area contributed by atoms with Gasteiger partial charge in [-0.25, -0.2) is 0 Å². The molecule has 16 heavy (non-hydrogen) atoms. The number of hydrogen-bond acceptors (Lipinski definition) is 4. The summed E-state index contributed by atoms with van der Waals surface area (Å²) in [7, 11) is 0. The molecule has 5 heteroatoms. The van der Waals surface area contributed by atoms with Gasteiger partial charge < -0.3 is 15.2 Å². The van der Waals surface area contributed by atoms with E-state index in [0.29, 0.717) is 0 Å². The van der Waals surface area contributed by atoms with E-state index < -0.39 is 11.9 Å². The predicted octanol–water partition coefficient (Wildman–Crippen LogP) is 0.685. The first-order chi connectivity index (χ1) is 7.61. The maximum absolute atomic E-state index is 11.5. The first kappa shape index (κ1) is 12.0. The summed E-state index contributed by atoms with van der Waals surface area (Å²) in [4.78, 5) is 21.9. The molecule has 0 atom stereocenters. The molecule has 5 nitrogen and oxygen atoms in total. The second-order valence-corrected chi connectivity index (χ2v) is 3.11. The maximum atomic E-state index is 11.5. The van der Waals surface area contributed by atoms with Crippen LogP contribution in [0.1, 0.15) is 17.3 Å². The molecule has 1 amide bonds. The van der Waals surface area contributed by atoms with Gasteiger partial charge in [-0.3, -0.25) is 9.59 Å². The van der Waals surface area contributed by atoms with E-state index in [4.69, 9.17) is 0 Å². The molecule has 0 aliphatic heterocycles. The Hall–Kier alpha value is -2.04. The number of esters is 1. The summed E-state index contributed by atoms with van der Waals surface area (Å²) in [6.07, 6.45) is 0. The summed E-state index contributed by atoms with van der Waals surface area (Å²) in [6, 6.07) is 6.23. The lowest BCUT2D eigenvalue weighted by Crippen LogP contribution is -2.27. The average Bonchev–Trinajstić information content (AvgIpc) is 2.24. The minimum absolute atomic E-state index is 0.0764. The summed E-state index contributed by atoms with van der Waals surface area (Å²) in [5.41, 5.74) is 0.199. The summed E-state index contributed by atoms with van der Waals surface area (Å²) >= 11 is 0. The molecule has 0 aliphatic carbocycles. The van der Waals surface area contributed by atoms with Crippen LogP contribution >= 0.6 is 0 Å². The van der Waals surface area contributed by atoms with Crippen LogP contribution in [0.5, 0.6) is 5.75 Å². The van der Waals surface area contributed by atoms with E-state index >= 15 is 0 Å². The second kappa shape index (κ2) is 5.75. The molecule has 0 heterocycles. The van der Waals surface area contributed by atoms with E-state index in [1.807, 2.05) is 0 Å². The van der Waals surface area contributed by atoms with Crippen LogP contribution in [0.25, 0.3) is 0 Å². The average molecular weight is 223 g/mol. The number of para-hydroxylation sites is 1. The highest BCUT2D eigenvalue weighted by atomic mass is 16.5. The molecule has 0 saturated carbocycles. The highest BCUT2D eigenvalue weighted by Gasteiger charge is 2.08. The van der Waals surface area contributed by atoms with Crippen molar-refractivity contribution in [3.05, 3.63) is 29.8 Å². The predicted molar refractivity (Wildman–Crippen MR) is 57.1 cm³/mol. The van der Waals surface area contributed by atoms with Crippen LogP contribution in [0.2, 0.25) is 0 Å². The zero-order chi connectivity index (χ0) is 12.0. The molecule has 0 fully saturated rings. The number of carbonyl (C=O) groups is 2. The van der Waals surface area contributed by atoms with E-state index in [-0.39, 0.29) is 24.5 Å². The molecular formula is C11H13NO4. The molecule has 0 spiro atoms. The number of amides is 1. The molecule has 0 aromatic heterocycles. The van der Waals surface area contributed by atoms with Gasteiger partial charge in [0.25, 0.3) is 5.91 Å². The van der Waals surface area contributed by atoms with Crippen LogP contribution in [0.4, 0.5) is 0 Å². The Morgan fingerprint density at radius 2 is 2.06 bits per heavy atom. The van der Waals surface area contributed by atoms with E-state index in [9.17, 15) is 14.7 Å². The van der Waals surface area contributed by atoms with Crippen LogP contribution in [-0.2, 0) is 9.53 Å². The number of phenols is 1. The van der Waals surface area contributed by atoms with Gasteiger partial charge in [-0.1, -0.05) is 12.1 Å². The van der Waals surface area contributed by atoms with Crippen molar-refractivity contribution in [2.24, 2.45) is 0 Å². The molecule has 0 saturated heterocycles. The molecule has 86 valence electrons. The maximum Gasteiger partial charge on any atom is 0.302 e. The van der Waals surface area contributed by atoms with Crippen molar-refractivity contribution in [2.45, 2.75) is 6.92 Å². The summed E-state index contributed by atoms with van der Waals surface area (Å²) < 4.78 is 4.64. The highest BCUT2D eigenvalue weighted by Crippen LogP contribution is 2.14. The van der Waals surface area contributed by atoms with Crippen LogP contribution < -0.4 is 5.32 Å². The number of ether oxygens (including phenoxy) is 1. The van der Waals surface area contributed by atoms with Crippen LogP contribution in [0.15, 0.2) is 24.3 Å². The Balaban J connectivity index is 2.41. The molecule has 1 aromatic rings. The van der Waals surface area contributed by atoms with Crippen LogP contribution in [0, 0.1) is 0 Å². The fourth-order valence-corrected chi connectivity index (χ4v) is 1.12. The topological polar surface area (TPSA) is 75.6 Å². The first-order valence-corrected chi connectivity index (χ1v) is 4.81. The molecular weight excluding hydrogens is 210 g/mol. The van der Waals surface area contributed by atoms with Crippen molar-refractivity contribution in [3.8, 4) is 5.75 Å². The molecule has 0 bridgehead atoms. The van der Waals surface area contributed by atoms with Crippen LogP contribution in [-0.4, -0.2) is 30.1 Å². The van der Waals surface area contributed by atoms with E-state index in [0.717, 1.165) is 0 Å². The van der Waals surface area contributed by atoms with Gasteiger partial charge in [0.2, 0.25) is 0 Å². The molecule has 1 rings (SSSR count). The lowest BCUT2D eigenvalue weighted by Gasteiger charge is -2.06. The van der Waals surface area contributed by atoms with Crippen molar-refractivity contribution in [3.63, 3.8) is 0 Å². The minimum Gasteiger partial charge on any atom is -0.507 e. The summed E-state index contributed by atoms with van der Waals surface area (Å²) in [5, 5.41) is 11.9. The van der Waals surface area contributed by atoms with Gasteiger partial charge >= 0.3 is 5.97 Å². The quantitative estimate of drug-likeness (QED) is 0.581. The third-order valence-corrected chi connectivity index (χ3v) is 1.84. The number of aromatic hydroxyl groups is 1. The van der Waals surface area contributed by atoms with Gasteiger partial charge in [-0.05, 0) is 12.1 Å². The molecule has 0 radical (unpaired) electrons. The number of nitrogens with one attached hydrogen (secondary N) is 1. The van der Waals surface area contributed by atoms with Gasteiger partial charge in [-0.2, -0.15) is 0 Å². The van der Waals surface area contributed by atoms with Gasteiger partial charge in [0.15, 0.2) is 0 Å². The minimum atomic E-state index is -0.398. The van der Waals surface area contributed by atoms with Gasteiger partial charge in [0.1, 0.15) is 12.4 Å². The van der Waals surface area contributed by atoms with E-state index in [2.05, 4.69) is 10.1 Å². The van der Waals surface area contributed by atoms with Gasteiger partial charge in [0, 0.05) is 6.92 Å². The number of rotatable bonds is 4. The van der Waals surface area contributed by atoms with Crippen molar-refractivity contribution in [2.75, 3.05) is 13.2 Å². The first-order valence-electron chi connectivity index (χ1n) is 4.81. The van der Waals surface area contributed by atoms with E-state index in [1.165, 1.54) is 19.1 Å². The summed E-state index contributed by atoms with van der Waals surface area (Å²) in [6.45, 7) is 1.63. The largest absolute Gasteiger partial charge is 0.507 e. The number of benzene rings is 1. The normalized spacial score (nSPS) is 9.56. The van der Waals surface area contributed by atoms with Crippen molar-refractivity contribution in [1.82, 2.24) is 5.32 Å². The van der Waals surface area contributed by atoms with Crippen molar-refractivity contribution in [1.29, 1.82) is 0 Å².